The van der Waals surface area contributed by atoms with Crippen LogP contribution < -0.4 is 10.1 Å². The fourth-order valence-corrected chi connectivity index (χ4v) is 1.90. The van der Waals surface area contributed by atoms with Crippen LogP contribution in [0, 0.1) is 6.92 Å². The summed E-state index contributed by atoms with van der Waals surface area (Å²) in [7, 11) is 1.51. The number of benzene rings is 1. The second-order valence-electron chi connectivity index (χ2n) is 4.85. The number of anilines is 1. The SMILES string of the molecule is CCC(OC(=O)c1cccc(OC)c1)C(=O)Nc1cc(C)on1. The van der Waals surface area contributed by atoms with E-state index in [4.69, 9.17) is 14.0 Å². The minimum atomic E-state index is -0.925. The number of aryl methyl sites for hydroxylation is 1. The summed E-state index contributed by atoms with van der Waals surface area (Å²) in [6.07, 6.45) is -0.594. The Morgan fingerprint density at radius 3 is 2.74 bits per heavy atom. The van der Waals surface area contributed by atoms with Gasteiger partial charge >= 0.3 is 5.97 Å². The summed E-state index contributed by atoms with van der Waals surface area (Å²) in [6, 6.07) is 8.11. The summed E-state index contributed by atoms with van der Waals surface area (Å²) in [5.74, 6) is 0.333. The van der Waals surface area contributed by atoms with Crippen molar-refractivity contribution in [3.05, 3.63) is 41.7 Å². The smallest absolute Gasteiger partial charge is 0.339 e. The largest absolute Gasteiger partial charge is 0.497 e. The van der Waals surface area contributed by atoms with Crippen molar-refractivity contribution in [2.75, 3.05) is 12.4 Å². The van der Waals surface area contributed by atoms with Crippen LogP contribution in [0.2, 0.25) is 0 Å². The Hall–Kier alpha value is -2.83. The molecule has 7 heteroatoms. The Kier molecular flexibility index (Phi) is 5.35. The van der Waals surface area contributed by atoms with Gasteiger partial charge in [-0.05, 0) is 31.5 Å². The number of esters is 1. The Bertz CT molecular complexity index is 695. The molecule has 2 aromatic rings. The van der Waals surface area contributed by atoms with Gasteiger partial charge in [0.05, 0.1) is 12.7 Å². The second-order valence-corrected chi connectivity index (χ2v) is 4.85. The van der Waals surface area contributed by atoms with Gasteiger partial charge < -0.3 is 19.3 Å². The summed E-state index contributed by atoms with van der Waals surface area (Å²) < 4.78 is 15.2. The van der Waals surface area contributed by atoms with E-state index in [9.17, 15) is 9.59 Å². The van der Waals surface area contributed by atoms with E-state index in [0.717, 1.165) is 0 Å². The topological polar surface area (TPSA) is 90.7 Å². The Morgan fingerprint density at radius 2 is 2.13 bits per heavy atom. The third-order valence-corrected chi connectivity index (χ3v) is 3.10. The van der Waals surface area contributed by atoms with Gasteiger partial charge in [0.1, 0.15) is 11.5 Å². The molecule has 122 valence electrons. The zero-order valence-corrected chi connectivity index (χ0v) is 13.2. The molecule has 1 aromatic carbocycles. The molecule has 0 aliphatic rings. The Balaban J connectivity index is 2.02. The van der Waals surface area contributed by atoms with Crippen molar-refractivity contribution in [3.8, 4) is 5.75 Å². The fraction of sp³-hybridized carbons (Fsp3) is 0.312. The minimum Gasteiger partial charge on any atom is -0.497 e. The first-order valence-electron chi connectivity index (χ1n) is 7.12. The van der Waals surface area contributed by atoms with E-state index in [0.29, 0.717) is 23.5 Å². The van der Waals surface area contributed by atoms with Crippen molar-refractivity contribution in [1.29, 1.82) is 0 Å². The van der Waals surface area contributed by atoms with Crippen LogP contribution in [-0.2, 0) is 9.53 Å². The summed E-state index contributed by atoms with van der Waals surface area (Å²) in [4.78, 5) is 24.3. The van der Waals surface area contributed by atoms with Crippen molar-refractivity contribution in [3.63, 3.8) is 0 Å². The van der Waals surface area contributed by atoms with Crippen molar-refractivity contribution >= 4 is 17.7 Å². The molecule has 0 fully saturated rings. The number of amides is 1. The highest BCUT2D eigenvalue weighted by molar-refractivity contribution is 5.97. The standard InChI is InChI=1S/C16H18N2O5/c1-4-13(15(19)17-14-8-10(2)23-18-14)22-16(20)11-6-5-7-12(9-11)21-3/h5-9,13H,4H2,1-3H3,(H,17,18,19). The predicted molar refractivity (Wildman–Crippen MR) is 82.4 cm³/mol. The van der Waals surface area contributed by atoms with Gasteiger partial charge in [-0.1, -0.05) is 18.1 Å². The number of aromatic nitrogens is 1. The highest BCUT2D eigenvalue weighted by atomic mass is 16.5. The van der Waals surface area contributed by atoms with Gasteiger partial charge in [-0.25, -0.2) is 4.79 Å². The zero-order chi connectivity index (χ0) is 16.8. The van der Waals surface area contributed by atoms with E-state index in [1.807, 2.05) is 0 Å². The number of ether oxygens (including phenoxy) is 2. The summed E-state index contributed by atoms with van der Waals surface area (Å²) in [5, 5.41) is 6.22. The van der Waals surface area contributed by atoms with Crippen molar-refractivity contribution in [2.45, 2.75) is 26.4 Å². The molecule has 1 unspecified atom stereocenters. The summed E-state index contributed by atoms with van der Waals surface area (Å²) in [6.45, 7) is 3.46. The molecule has 7 nitrogen and oxygen atoms in total. The zero-order valence-electron chi connectivity index (χ0n) is 13.2. The summed E-state index contributed by atoms with van der Waals surface area (Å²) in [5.41, 5.74) is 0.313. The lowest BCUT2D eigenvalue weighted by Gasteiger charge is -2.15. The minimum absolute atomic E-state index is 0.281. The van der Waals surface area contributed by atoms with E-state index in [1.54, 1.807) is 44.2 Å². The van der Waals surface area contributed by atoms with Gasteiger partial charge in [0.15, 0.2) is 11.9 Å². The van der Waals surface area contributed by atoms with E-state index in [2.05, 4.69) is 10.5 Å². The number of nitrogens with one attached hydrogen (secondary N) is 1. The van der Waals surface area contributed by atoms with E-state index >= 15 is 0 Å². The van der Waals surface area contributed by atoms with Crippen LogP contribution in [0.1, 0.15) is 29.5 Å². The molecule has 1 aromatic heterocycles. The van der Waals surface area contributed by atoms with Crippen molar-refractivity contribution in [2.24, 2.45) is 0 Å². The molecule has 0 aliphatic carbocycles. The maximum Gasteiger partial charge on any atom is 0.339 e. The molecule has 1 N–H and O–H groups in total. The number of carbonyl (C=O) groups excluding carboxylic acids is 2. The highest BCUT2D eigenvalue weighted by Crippen LogP contribution is 2.15. The highest BCUT2D eigenvalue weighted by Gasteiger charge is 2.23. The third kappa shape index (κ3) is 4.32. The summed E-state index contributed by atoms with van der Waals surface area (Å²) >= 11 is 0. The van der Waals surface area contributed by atoms with E-state index < -0.39 is 18.0 Å². The van der Waals surface area contributed by atoms with Gasteiger partial charge in [0.2, 0.25) is 0 Å². The molecule has 0 bridgehead atoms. The molecule has 0 saturated carbocycles. The van der Waals surface area contributed by atoms with Crippen LogP contribution >= 0.6 is 0 Å². The maximum absolute atomic E-state index is 12.2. The second kappa shape index (κ2) is 7.44. The molecule has 0 spiro atoms. The average Bonchev–Trinajstić information content (AvgIpc) is 2.97. The van der Waals surface area contributed by atoms with Crippen LogP contribution in [0.15, 0.2) is 34.9 Å². The molecule has 1 atom stereocenters. The lowest BCUT2D eigenvalue weighted by Crippen LogP contribution is -2.32. The molecule has 1 heterocycles. The molecule has 0 radical (unpaired) electrons. The quantitative estimate of drug-likeness (QED) is 0.823. The van der Waals surface area contributed by atoms with E-state index in [-0.39, 0.29) is 5.82 Å². The monoisotopic (exact) mass is 318 g/mol. The fourth-order valence-electron chi connectivity index (χ4n) is 1.90. The van der Waals surface area contributed by atoms with Gasteiger partial charge in [-0.2, -0.15) is 0 Å². The van der Waals surface area contributed by atoms with Crippen LogP contribution in [0.3, 0.4) is 0 Å². The third-order valence-electron chi connectivity index (χ3n) is 3.10. The van der Waals surface area contributed by atoms with Gasteiger partial charge in [0, 0.05) is 6.07 Å². The van der Waals surface area contributed by atoms with Crippen LogP contribution in [0.5, 0.6) is 5.75 Å². The Labute approximate surface area is 133 Å². The lowest BCUT2D eigenvalue weighted by molar-refractivity contribution is -0.124. The molecular formula is C16H18N2O5. The number of nitrogens with zero attached hydrogens (tertiary/aromatic N) is 1. The maximum atomic E-state index is 12.2. The van der Waals surface area contributed by atoms with Crippen LogP contribution in [-0.4, -0.2) is 30.2 Å². The van der Waals surface area contributed by atoms with E-state index in [1.165, 1.54) is 7.11 Å². The lowest BCUT2D eigenvalue weighted by atomic mass is 10.2. The average molecular weight is 318 g/mol. The first-order valence-corrected chi connectivity index (χ1v) is 7.12. The van der Waals surface area contributed by atoms with Crippen LogP contribution in [0.4, 0.5) is 5.82 Å². The van der Waals surface area contributed by atoms with Gasteiger partial charge in [0.25, 0.3) is 5.91 Å². The molecule has 2 rings (SSSR count). The Morgan fingerprint density at radius 1 is 1.35 bits per heavy atom. The number of hydrogen-bond acceptors (Lipinski definition) is 6. The predicted octanol–water partition coefficient (Wildman–Crippen LogP) is 2.57. The first kappa shape index (κ1) is 16.5. The van der Waals surface area contributed by atoms with Crippen molar-refractivity contribution in [1.82, 2.24) is 5.16 Å². The number of methoxy groups -OCH3 is 1. The number of carbonyl (C=O) groups is 2. The van der Waals surface area contributed by atoms with Crippen LogP contribution in [0.25, 0.3) is 0 Å². The van der Waals surface area contributed by atoms with Gasteiger partial charge in [-0.3, -0.25) is 4.79 Å². The van der Waals surface area contributed by atoms with Crippen molar-refractivity contribution < 1.29 is 23.6 Å². The molecule has 0 saturated heterocycles. The normalized spacial score (nSPS) is 11.6. The number of rotatable bonds is 6. The number of hydrogen-bond donors (Lipinski definition) is 1. The molecule has 23 heavy (non-hydrogen) atoms. The van der Waals surface area contributed by atoms with Gasteiger partial charge in [-0.15, -0.1) is 0 Å². The molecule has 1 amide bonds. The molecule has 0 aliphatic heterocycles. The molecular weight excluding hydrogens is 300 g/mol. The first-order chi connectivity index (χ1) is 11.0.